The van der Waals surface area contributed by atoms with Crippen molar-refractivity contribution in [3.63, 3.8) is 0 Å². The fourth-order valence-electron chi connectivity index (χ4n) is 1.63. The van der Waals surface area contributed by atoms with E-state index in [-0.39, 0.29) is 0 Å². The number of carboxylic acid groups (broad SMARTS) is 1. The molecule has 0 radical (unpaired) electrons. The Morgan fingerprint density at radius 1 is 1.59 bits per heavy atom. The topological polar surface area (TPSA) is 79.3 Å². The van der Waals surface area contributed by atoms with E-state index in [1.807, 2.05) is 0 Å². The summed E-state index contributed by atoms with van der Waals surface area (Å²) in [5.41, 5.74) is -0.829. The van der Waals surface area contributed by atoms with Crippen LogP contribution in [0.2, 0.25) is 0 Å². The number of thioether (sulfide) groups is 1. The third-order valence-electron chi connectivity index (χ3n) is 2.64. The molecule has 2 heterocycles. The van der Waals surface area contributed by atoms with E-state index in [1.165, 1.54) is 23.1 Å². The molecule has 1 atom stereocenters. The summed E-state index contributed by atoms with van der Waals surface area (Å²) in [6, 6.07) is 0. The maximum absolute atomic E-state index is 11.9. The molecule has 17 heavy (non-hydrogen) atoms. The number of rotatable bonds is 3. The summed E-state index contributed by atoms with van der Waals surface area (Å²) in [6.07, 6.45) is 0.460. The molecule has 2 rings (SSSR count). The summed E-state index contributed by atoms with van der Waals surface area (Å²) < 4.78 is 0. The van der Waals surface area contributed by atoms with Gasteiger partial charge in [-0.25, -0.2) is 9.78 Å². The number of nitrogens with one attached hydrogen (secondary N) is 1. The monoisotopic (exact) mass is 272 g/mol. The number of aryl methyl sites for hydroxylation is 1. The van der Waals surface area contributed by atoms with E-state index in [9.17, 15) is 14.7 Å². The van der Waals surface area contributed by atoms with Crippen LogP contribution in [-0.4, -0.2) is 39.0 Å². The largest absolute Gasteiger partial charge is 0.479 e. The van der Waals surface area contributed by atoms with Gasteiger partial charge >= 0.3 is 5.97 Å². The van der Waals surface area contributed by atoms with Crippen molar-refractivity contribution >= 4 is 35.0 Å². The first-order valence-corrected chi connectivity index (χ1v) is 7.13. The van der Waals surface area contributed by atoms with E-state index in [1.54, 1.807) is 12.3 Å². The summed E-state index contributed by atoms with van der Waals surface area (Å²) in [4.78, 5) is 27.2. The molecule has 1 aromatic rings. The number of aliphatic carboxylic acids is 1. The van der Waals surface area contributed by atoms with Gasteiger partial charge in [0.1, 0.15) is 11.2 Å². The van der Waals surface area contributed by atoms with Crippen LogP contribution in [0.4, 0.5) is 0 Å². The van der Waals surface area contributed by atoms with Gasteiger partial charge in [0.15, 0.2) is 0 Å². The quantitative estimate of drug-likeness (QED) is 0.862. The minimum Gasteiger partial charge on any atom is -0.479 e. The van der Waals surface area contributed by atoms with Crippen LogP contribution in [-0.2, 0) is 4.79 Å². The van der Waals surface area contributed by atoms with E-state index in [0.717, 1.165) is 10.8 Å². The SMILES string of the molecule is Cc1nc(C(=O)NC2(C(=O)O)CCSC2)cs1. The van der Waals surface area contributed by atoms with Crippen molar-refractivity contribution in [2.24, 2.45) is 0 Å². The number of carbonyl (C=O) groups excluding carboxylic acids is 1. The Morgan fingerprint density at radius 2 is 2.35 bits per heavy atom. The van der Waals surface area contributed by atoms with Gasteiger partial charge in [-0.15, -0.1) is 11.3 Å². The molecule has 0 saturated carbocycles. The Hall–Kier alpha value is -1.08. The Bertz CT molecular complexity index is 452. The van der Waals surface area contributed by atoms with Gasteiger partial charge in [0, 0.05) is 11.1 Å². The van der Waals surface area contributed by atoms with Gasteiger partial charge in [-0.05, 0) is 19.1 Å². The van der Waals surface area contributed by atoms with Gasteiger partial charge in [-0.1, -0.05) is 0 Å². The van der Waals surface area contributed by atoms with Crippen LogP contribution in [0, 0.1) is 6.92 Å². The van der Waals surface area contributed by atoms with E-state index in [2.05, 4.69) is 10.3 Å². The second-order valence-electron chi connectivity index (χ2n) is 3.90. The van der Waals surface area contributed by atoms with Crippen LogP contribution in [0.3, 0.4) is 0 Å². The molecule has 7 heteroatoms. The molecule has 1 amide bonds. The lowest BCUT2D eigenvalue weighted by molar-refractivity contribution is -0.143. The van der Waals surface area contributed by atoms with Crippen LogP contribution >= 0.6 is 23.1 Å². The lowest BCUT2D eigenvalue weighted by Crippen LogP contribution is -2.54. The summed E-state index contributed by atoms with van der Waals surface area (Å²) >= 11 is 2.91. The van der Waals surface area contributed by atoms with Crippen molar-refractivity contribution in [2.45, 2.75) is 18.9 Å². The lowest BCUT2D eigenvalue weighted by atomic mass is 9.99. The second kappa shape index (κ2) is 4.66. The zero-order valence-corrected chi connectivity index (χ0v) is 10.9. The number of hydrogen-bond acceptors (Lipinski definition) is 5. The van der Waals surface area contributed by atoms with Crippen molar-refractivity contribution in [1.82, 2.24) is 10.3 Å². The number of thiazole rings is 1. The highest BCUT2D eigenvalue weighted by atomic mass is 32.2. The minimum atomic E-state index is -1.13. The summed E-state index contributed by atoms with van der Waals surface area (Å²) in [6.45, 7) is 1.81. The van der Waals surface area contributed by atoms with Gasteiger partial charge in [0.2, 0.25) is 0 Å². The van der Waals surface area contributed by atoms with Crippen LogP contribution < -0.4 is 5.32 Å². The first-order chi connectivity index (χ1) is 8.03. The van der Waals surface area contributed by atoms with Crippen molar-refractivity contribution in [2.75, 3.05) is 11.5 Å². The number of aromatic nitrogens is 1. The summed E-state index contributed by atoms with van der Waals surface area (Å²) in [5.74, 6) is -0.207. The average Bonchev–Trinajstić information content (AvgIpc) is 2.87. The first kappa shape index (κ1) is 12.4. The van der Waals surface area contributed by atoms with Gasteiger partial charge in [-0.3, -0.25) is 4.79 Å². The Labute approximate surface area is 107 Å². The second-order valence-corrected chi connectivity index (χ2v) is 6.06. The molecule has 1 aromatic heterocycles. The Kier molecular flexibility index (Phi) is 3.39. The van der Waals surface area contributed by atoms with E-state index >= 15 is 0 Å². The summed E-state index contributed by atoms with van der Waals surface area (Å²) in [7, 11) is 0. The first-order valence-electron chi connectivity index (χ1n) is 5.09. The highest BCUT2D eigenvalue weighted by Crippen LogP contribution is 2.28. The summed E-state index contributed by atoms with van der Waals surface area (Å²) in [5, 5.41) is 14.3. The van der Waals surface area contributed by atoms with Crippen LogP contribution in [0.5, 0.6) is 0 Å². The molecule has 1 unspecified atom stereocenters. The van der Waals surface area contributed by atoms with Crippen molar-refractivity contribution in [1.29, 1.82) is 0 Å². The normalized spacial score (nSPS) is 23.6. The minimum absolute atomic E-state index is 0.296. The molecular weight excluding hydrogens is 260 g/mol. The molecule has 1 aliphatic rings. The fourth-order valence-corrected chi connectivity index (χ4v) is 3.55. The van der Waals surface area contributed by atoms with Crippen LogP contribution in [0.1, 0.15) is 21.9 Å². The number of nitrogens with zero attached hydrogens (tertiary/aromatic N) is 1. The maximum atomic E-state index is 11.9. The van der Waals surface area contributed by atoms with Crippen molar-refractivity contribution in [3.8, 4) is 0 Å². The van der Waals surface area contributed by atoms with Gasteiger partial charge in [-0.2, -0.15) is 11.8 Å². The van der Waals surface area contributed by atoms with E-state index < -0.39 is 17.4 Å². The zero-order valence-electron chi connectivity index (χ0n) is 9.23. The van der Waals surface area contributed by atoms with E-state index in [4.69, 9.17) is 0 Å². The van der Waals surface area contributed by atoms with Crippen LogP contribution in [0.25, 0.3) is 0 Å². The standard InChI is InChI=1S/C10H12N2O3S2/c1-6-11-7(4-17-6)8(13)12-10(9(14)15)2-3-16-5-10/h4H,2-3,5H2,1H3,(H,12,13)(H,14,15). The van der Waals surface area contributed by atoms with Crippen LogP contribution in [0.15, 0.2) is 5.38 Å². The molecule has 92 valence electrons. The van der Waals surface area contributed by atoms with Gasteiger partial charge in [0.25, 0.3) is 5.91 Å². The third kappa shape index (κ3) is 2.44. The highest BCUT2D eigenvalue weighted by Gasteiger charge is 2.43. The molecule has 1 aliphatic heterocycles. The maximum Gasteiger partial charge on any atom is 0.330 e. The molecule has 1 fully saturated rings. The molecule has 2 N–H and O–H groups in total. The Morgan fingerprint density at radius 3 is 2.82 bits per heavy atom. The number of amides is 1. The molecule has 5 nitrogen and oxygen atoms in total. The fraction of sp³-hybridized carbons (Fsp3) is 0.500. The predicted molar refractivity (Wildman–Crippen MR) is 66.6 cm³/mol. The number of carbonyl (C=O) groups is 2. The van der Waals surface area contributed by atoms with Crippen molar-refractivity contribution in [3.05, 3.63) is 16.1 Å². The van der Waals surface area contributed by atoms with E-state index in [0.29, 0.717) is 17.9 Å². The van der Waals surface area contributed by atoms with Gasteiger partial charge < -0.3 is 10.4 Å². The predicted octanol–water partition coefficient (Wildman–Crippen LogP) is 1.14. The third-order valence-corrected chi connectivity index (χ3v) is 4.60. The molecule has 0 aromatic carbocycles. The molecule has 0 bridgehead atoms. The zero-order chi connectivity index (χ0) is 12.5. The molecule has 0 spiro atoms. The Balaban J connectivity index is 2.14. The lowest BCUT2D eigenvalue weighted by Gasteiger charge is -2.23. The molecule has 0 aliphatic carbocycles. The number of hydrogen-bond donors (Lipinski definition) is 2. The smallest absolute Gasteiger partial charge is 0.330 e. The average molecular weight is 272 g/mol. The highest BCUT2D eigenvalue weighted by molar-refractivity contribution is 7.99. The molecule has 1 saturated heterocycles. The molecular formula is C10H12N2O3S2. The van der Waals surface area contributed by atoms with Crippen molar-refractivity contribution < 1.29 is 14.7 Å². The van der Waals surface area contributed by atoms with Gasteiger partial charge in [0.05, 0.1) is 5.01 Å². The number of carboxylic acids is 1.